The number of aliphatic imine (C=N–C) groups is 1. The molecule has 0 radical (unpaired) electrons. The summed E-state index contributed by atoms with van der Waals surface area (Å²) in [5, 5.41) is 6.34. The van der Waals surface area contributed by atoms with E-state index in [0.717, 1.165) is 31.9 Å². The first-order chi connectivity index (χ1) is 14.7. The third-order valence-electron chi connectivity index (χ3n) is 5.43. The van der Waals surface area contributed by atoms with Crippen molar-refractivity contribution in [1.29, 1.82) is 0 Å². The number of hydrogen-bond donors (Lipinski definition) is 3. The molecule has 1 fully saturated rings. The second-order valence-corrected chi connectivity index (χ2v) is 7.61. The summed E-state index contributed by atoms with van der Waals surface area (Å²) < 4.78 is 40.4. The van der Waals surface area contributed by atoms with E-state index in [1.54, 1.807) is 25.2 Å². The van der Waals surface area contributed by atoms with Gasteiger partial charge in [-0.05, 0) is 44.2 Å². The van der Waals surface area contributed by atoms with E-state index in [9.17, 15) is 18.0 Å². The molecule has 7 nitrogen and oxygen atoms in total. The van der Waals surface area contributed by atoms with Gasteiger partial charge in [-0.3, -0.25) is 14.2 Å². The number of rotatable bonds is 6. The number of aromatic nitrogens is 2. The molecule has 0 unspecified atom stereocenters. The third kappa shape index (κ3) is 5.36. The fraction of sp³-hybridized carbons (Fsp3) is 0.476. The van der Waals surface area contributed by atoms with E-state index in [2.05, 4.69) is 20.6 Å². The maximum atomic E-state index is 13.0. The second kappa shape index (κ2) is 9.40. The molecule has 0 aromatic carbocycles. The standard InChI is InChI=1S/C21H27F3N6O/c1-3-16(25)15(11-26-2)20(31)28-14-9-7-13(8-10-14)27-18-5-4-6-19-29-17(12-30(18)19)21(22,23)24/h4-6,11-14,27H,3,7-10,25H2,1-2H3,(H,28,31)/b16-15+,26-11?. The van der Waals surface area contributed by atoms with Crippen LogP contribution in [0.1, 0.15) is 44.7 Å². The van der Waals surface area contributed by atoms with Crippen LogP contribution in [0.3, 0.4) is 0 Å². The van der Waals surface area contributed by atoms with Crippen LogP contribution in [-0.2, 0) is 11.0 Å². The SMILES string of the molecule is CC/C(N)=C(/C=NC)C(=O)NC1CCC(Nc2cccc3nc(C(F)(F)F)cn23)CC1. The average Bonchev–Trinajstić information content (AvgIpc) is 3.19. The van der Waals surface area contributed by atoms with Crippen LogP contribution < -0.4 is 16.4 Å². The van der Waals surface area contributed by atoms with Crippen molar-refractivity contribution >= 4 is 23.6 Å². The number of pyridine rings is 1. The number of halogens is 3. The fourth-order valence-electron chi connectivity index (χ4n) is 3.73. The number of imidazole rings is 1. The lowest BCUT2D eigenvalue weighted by molar-refractivity contribution is -0.140. The molecule has 10 heteroatoms. The van der Waals surface area contributed by atoms with Crippen LogP contribution >= 0.6 is 0 Å². The van der Waals surface area contributed by atoms with Gasteiger partial charge in [0.25, 0.3) is 5.91 Å². The molecule has 0 saturated heterocycles. The fourth-order valence-corrected chi connectivity index (χ4v) is 3.73. The van der Waals surface area contributed by atoms with Gasteiger partial charge in [-0.25, -0.2) is 4.98 Å². The number of carbonyl (C=O) groups excluding carboxylic acids is 1. The average molecular weight is 436 g/mol. The molecule has 3 rings (SSSR count). The van der Waals surface area contributed by atoms with Crippen molar-refractivity contribution in [2.75, 3.05) is 12.4 Å². The van der Waals surface area contributed by atoms with Crippen molar-refractivity contribution in [3.63, 3.8) is 0 Å². The highest BCUT2D eigenvalue weighted by molar-refractivity contribution is 6.12. The Morgan fingerprint density at radius 1 is 1.29 bits per heavy atom. The molecule has 1 amide bonds. The van der Waals surface area contributed by atoms with Gasteiger partial charge in [0.15, 0.2) is 5.69 Å². The first kappa shape index (κ1) is 22.6. The number of nitrogens with two attached hydrogens (primary N) is 1. The summed E-state index contributed by atoms with van der Waals surface area (Å²) in [6.45, 7) is 1.88. The molecular weight excluding hydrogens is 409 g/mol. The van der Waals surface area contributed by atoms with Crippen molar-refractivity contribution in [2.45, 2.75) is 57.3 Å². The summed E-state index contributed by atoms with van der Waals surface area (Å²) in [6, 6.07) is 5.05. The molecule has 0 atom stereocenters. The van der Waals surface area contributed by atoms with E-state index in [0.29, 0.717) is 23.5 Å². The van der Waals surface area contributed by atoms with Crippen molar-refractivity contribution in [3.05, 3.63) is 41.4 Å². The highest BCUT2D eigenvalue weighted by atomic mass is 19.4. The predicted octanol–water partition coefficient (Wildman–Crippen LogP) is 3.52. The molecule has 31 heavy (non-hydrogen) atoms. The summed E-state index contributed by atoms with van der Waals surface area (Å²) in [6.07, 6.45) is 1.59. The molecule has 168 valence electrons. The Morgan fingerprint density at radius 2 is 1.97 bits per heavy atom. The van der Waals surface area contributed by atoms with Gasteiger partial charge >= 0.3 is 6.18 Å². The summed E-state index contributed by atoms with van der Waals surface area (Å²) in [7, 11) is 1.59. The Hall–Kier alpha value is -3.04. The summed E-state index contributed by atoms with van der Waals surface area (Å²) in [5.41, 5.74) is 6.13. The molecule has 1 aliphatic rings. The van der Waals surface area contributed by atoms with Gasteiger partial charge in [0.2, 0.25) is 0 Å². The molecule has 1 saturated carbocycles. The Bertz CT molecular complexity index is 987. The zero-order valence-electron chi connectivity index (χ0n) is 17.5. The van der Waals surface area contributed by atoms with Crippen LogP contribution in [0.5, 0.6) is 0 Å². The number of nitrogens with one attached hydrogen (secondary N) is 2. The molecule has 2 aromatic rings. The minimum absolute atomic E-state index is 0.0105. The molecule has 2 aromatic heterocycles. The first-order valence-electron chi connectivity index (χ1n) is 10.3. The number of fused-ring (bicyclic) bond motifs is 1. The maximum Gasteiger partial charge on any atom is 0.434 e. The smallest absolute Gasteiger partial charge is 0.401 e. The van der Waals surface area contributed by atoms with Crippen molar-refractivity contribution < 1.29 is 18.0 Å². The molecule has 0 spiro atoms. The monoisotopic (exact) mass is 436 g/mol. The van der Waals surface area contributed by atoms with Gasteiger partial charge in [0.05, 0.1) is 5.57 Å². The maximum absolute atomic E-state index is 13.0. The van der Waals surface area contributed by atoms with Gasteiger partial charge < -0.3 is 16.4 Å². The van der Waals surface area contributed by atoms with E-state index in [-0.39, 0.29) is 23.6 Å². The van der Waals surface area contributed by atoms with E-state index in [1.807, 2.05) is 6.92 Å². The minimum Gasteiger partial charge on any atom is -0.401 e. The van der Waals surface area contributed by atoms with Crippen molar-refractivity contribution in [1.82, 2.24) is 14.7 Å². The van der Waals surface area contributed by atoms with Gasteiger partial charge in [0.1, 0.15) is 11.5 Å². The number of alkyl halides is 3. The van der Waals surface area contributed by atoms with Crippen molar-refractivity contribution in [3.8, 4) is 0 Å². The van der Waals surface area contributed by atoms with Gasteiger partial charge in [-0.15, -0.1) is 0 Å². The Kier molecular flexibility index (Phi) is 6.87. The number of allylic oxidation sites excluding steroid dienone is 1. The normalized spacial score (nSPS) is 20.7. The van der Waals surface area contributed by atoms with Crippen LogP contribution in [0.2, 0.25) is 0 Å². The minimum atomic E-state index is -4.49. The highest BCUT2D eigenvalue weighted by Gasteiger charge is 2.34. The van der Waals surface area contributed by atoms with E-state index in [1.165, 1.54) is 10.6 Å². The zero-order chi connectivity index (χ0) is 22.6. The van der Waals surface area contributed by atoms with Crippen LogP contribution in [0.15, 0.2) is 40.7 Å². The topological polar surface area (TPSA) is 96.8 Å². The molecule has 2 heterocycles. The van der Waals surface area contributed by atoms with E-state index >= 15 is 0 Å². The van der Waals surface area contributed by atoms with Crippen molar-refractivity contribution in [2.24, 2.45) is 10.7 Å². The number of carbonyl (C=O) groups is 1. The summed E-state index contributed by atoms with van der Waals surface area (Å²) in [4.78, 5) is 20.1. The lowest BCUT2D eigenvalue weighted by Gasteiger charge is -2.30. The number of anilines is 1. The Balaban J connectivity index is 1.62. The number of amides is 1. The van der Waals surface area contributed by atoms with Gasteiger partial charge in [-0.2, -0.15) is 13.2 Å². The lowest BCUT2D eigenvalue weighted by atomic mass is 9.91. The summed E-state index contributed by atoms with van der Waals surface area (Å²) >= 11 is 0. The van der Waals surface area contributed by atoms with Gasteiger partial charge in [-0.1, -0.05) is 13.0 Å². The highest BCUT2D eigenvalue weighted by Crippen LogP contribution is 2.30. The zero-order valence-corrected chi connectivity index (χ0v) is 17.5. The molecule has 0 bridgehead atoms. The number of hydrogen-bond acceptors (Lipinski definition) is 5. The molecular formula is C21H27F3N6O. The van der Waals surface area contributed by atoms with Crippen LogP contribution in [0.25, 0.3) is 5.65 Å². The Labute approximate surface area is 178 Å². The lowest BCUT2D eigenvalue weighted by Crippen LogP contribution is -2.41. The molecule has 1 aliphatic carbocycles. The van der Waals surface area contributed by atoms with E-state index < -0.39 is 11.9 Å². The van der Waals surface area contributed by atoms with Crippen LogP contribution in [0.4, 0.5) is 19.0 Å². The van der Waals surface area contributed by atoms with Crippen LogP contribution in [0, 0.1) is 0 Å². The predicted molar refractivity (Wildman–Crippen MR) is 114 cm³/mol. The third-order valence-corrected chi connectivity index (χ3v) is 5.43. The van der Waals surface area contributed by atoms with Crippen LogP contribution in [-0.4, -0.2) is 40.6 Å². The Morgan fingerprint density at radius 3 is 2.58 bits per heavy atom. The molecule has 0 aliphatic heterocycles. The first-order valence-corrected chi connectivity index (χ1v) is 10.3. The number of nitrogens with zero attached hydrogens (tertiary/aromatic N) is 3. The largest absolute Gasteiger partial charge is 0.434 e. The van der Waals surface area contributed by atoms with E-state index in [4.69, 9.17) is 5.73 Å². The quantitative estimate of drug-likeness (QED) is 0.477. The second-order valence-electron chi connectivity index (χ2n) is 7.61. The molecule has 4 N–H and O–H groups in total. The van der Waals surface area contributed by atoms with Gasteiger partial charge in [0, 0.05) is 37.2 Å². The summed E-state index contributed by atoms with van der Waals surface area (Å²) in [5.74, 6) is 0.331.